The molecule has 0 rings (SSSR count). The van der Waals surface area contributed by atoms with Crippen LogP contribution in [-0.2, 0) is 10.0 Å². The van der Waals surface area contributed by atoms with Crippen LogP contribution in [0.5, 0.6) is 0 Å². The molecule has 1 unspecified atom stereocenters. The summed E-state index contributed by atoms with van der Waals surface area (Å²) < 4.78 is 25.9. The van der Waals surface area contributed by atoms with Crippen LogP contribution in [0.2, 0.25) is 0 Å². The first-order valence-corrected chi connectivity index (χ1v) is 9.23. The second-order valence-electron chi connectivity index (χ2n) is 4.29. The molecule has 0 saturated carbocycles. The summed E-state index contributed by atoms with van der Waals surface area (Å²) in [5, 5.41) is 3.18. The van der Waals surface area contributed by atoms with E-state index in [2.05, 4.69) is 17.0 Å². The van der Waals surface area contributed by atoms with Crippen LogP contribution >= 0.6 is 11.8 Å². The number of thioether (sulfide) groups is 1. The standard InChI is InChI=1S/C11H26N2O2S2/c1-4-12-7-5-6-8-17(14,15)13-9-11(2)10-16-3/h11-13H,4-10H2,1-3H3. The van der Waals surface area contributed by atoms with Gasteiger partial charge in [-0.3, -0.25) is 0 Å². The maximum absolute atomic E-state index is 11.6. The molecule has 0 saturated heterocycles. The van der Waals surface area contributed by atoms with Gasteiger partial charge in [0, 0.05) is 6.54 Å². The fraction of sp³-hybridized carbons (Fsp3) is 1.00. The minimum Gasteiger partial charge on any atom is -0.317 e. The molecular formula is C11H26N2O2S2. The number of sulfonamides is 1. The minimum absolute atomic E-state index is 0.240. The summed E-state index contributed by atoms with van der Waals surface area (Å²) in [6, 6.07) is 0. The molecule has 0 aromatic carbocycles. The molecule has 0 heterocycles. The van der Waals surface area contributed by atoms with Gasteiger partial charge in [0.05, 0.1) is 5.75 Å². The smallest absolute Gasteiger partial charge is 0.211 e. The maximum atomic E-state index is 11.6. The molecule has 104 valence electrons. The molecule has 0 aromatic rings. The van der Waals surface area contributed by atoms with Gasteiger partial charge in [-0.05, 0) is 43.9 Å². The van der Waals surface area contributed by atoms with Crippen molar-refractivity contribution >= 4 is 21.8 Å². The van der Waals surface area contributed by atoms with E-state index in [0.717, 1.165) is 31.7 Å². The third kappa shape index (κ3) is 11.1. The number of nitrogens with one attached hydrogen (secondary N) is 2. The quantitative estimate of drug-likeness (QED) is 0.561. The van der Waals surface area contributed by atoms with E-state index in [1.54, 1.807) is 11.8 Å². The third-order valence-corrected chi connectivity index (χ3v) is 4.70. The average Bonchev–Trinajstić information content (AvgIpc) is 2.27. The van der Waals surface area contributed by atoms with Crippen molar-refractivity contribution in [3.05, 3.63) is 0 Å². The zero-order chi connectivity index (χ0) is 13.1. The van der Waals surface area contributed by atoms with E-state index in [0.29, 0.717) is 12.5 Å². The fourth-order valence-corrected chi connectivity index (χ4v) is 3.36. The number of hydrogen-bond acceptors (Lipinski definition) is 4. The van der Waals surface area contributed by atoms with Gasteiger partial charge in [0.2, 0.25) is 10.0 Å². The van der Waals surface area contributed by atoms with E-state index in [9.17, 15) is 8.42 Å². The van der Waals surface area contributed by atoms with E-state index in [-0.39, 0.29) is 5.75 Å². The molecule has 0 aromatic heterocycles. The van der Waals surface area contributed by atoms with Gasteiger partial charge < -0.3 is 5.32 Å². The van der Waals surface area contributed by atoms with Crippen molar-refractivity contribution in [2.24, 2.45) is 5.92 Å². The van der Waals surface area contributed by atoms with Crippen molar-refractivity contribution in [1.82, 2.24) is 10.0 Å². The van der Waals surface area contributed by atoms with Crippen LogP contribution in [0.3, 0.4) is 0 Å². The Bertz CT molecular complexity index is 269. The van der Waals surface area contributed by atoms with Gasteiger partial charge in [-0.2, -0.15) is 11.8 Å². The fourth-order valence-electron chi connectivity index (χ4n) is 1.40. The summed E-state index contributed by atoms with van der Waals surface area (Å²) in [4.78, 5) is 0. The molecule has 0 fully saturated rings. The molecule has 0 radical (unpaired) electrons. The Morgan fingerprint density at radius 3 is 2.59 bits per heavy atom. The number of unbranched alkanes of at least 4 members (excludes halogenated alkanes) is 1. The second kappa shape index (κ2) is 10.2. The Labute approximate surface area is 110 Å². The zero-order valence-electron chi connectivity index (χ0n) is 11.2. The molecule has 0 aliphatic carbocycles. The van der Waals surface area contributed by atoms with Crippen LogP contribution in [0, 0.1) is 5.92 Å². The summed E-state index contributed by atoms with van der Waals surface area (Å²) in [6.07, 6.45) is 3.67. The Kier molecular flexibility index (Phi) is 10.3. The predicted molar refractivity (Wildman–Crippen MR) is 77.1 cm³/mol. The van der Waals surface area contributed by atoms with Crippen LogP contribution in [-0.4, -0.2) is 45.8 Å². The highest BCUT2D eigenvalue weighted by Crippen LogP contribution is 2.03. The Morgan fingerprint density at radius 1 is 1.29 bits per heavy atom. The van der Waals surface area contributed by atoms with Crippen molar-refractivity contribution in [1.29, 1.82) is 0 Å². The largest absolute Gasteiger partial charge is 0.317 e. The average molecular weight is 282 g/mol. The highest BCUT2D eigenvalue weighted by atomic mass is 32.2. The van der Waals surface area contributed by atoms with E-state index >= 15 is 0 Å². The lowest BCUT2D eigenvalue weighted by Crippen LogP contribution is -2.31. The Hall–Kier alpha value is 0.220. The SMILES string of the molecule is CCNCCCCS(=O)(=O)NCC(C)CSC. The van der Waals surface area contributed by atoms with Crippen molar-refractivity contribution in [3.63, 3.8) is 0 Å². The van der Waals surface area contributed by atoms with Crippen LogP contribution < -0.4 is 10.0 Å². The van der Waals surface area contributed by atoms with Gasteiger partial charge in [0.15, 0.2) is 0 Å². The van der Waals surface area contributed by atoms with Crippen LogP contribution in [0.15, 0.2) is 0 Å². The zero-order valence-corrected chi connectivity index (χ0v) is 12.8. The molecular weight excluding hydrogens is 256 g/mol. The molecule has 2 N–H and O–H groups in total. The molecule has 0 aliphatic heterocycles. The lowest BCUT2D eigenvalue weighted by atomic mass is 10.2. The van der Waals surface area contributed by atoms with Gasteiger partial charge in [0.25, 0.3) is 0 Å². The highest BCUT2D eigenvalue weighted by Gasteiger charge is 2.11. The van der Waals surface area contributed by atoms with E-state index in [4.69, 9.17) is 0 Å². The van der Waals surface area contributed by atoms with Crippen LogP contribution in [0.25, 0.3) is 0 Å². The molecule has 17 heavy (non-hydrogen) atoms. The Balaban J connectivity index is 3.65. The summed E-state index contributed by atoms with van der Waals surface area (Å²) in [5.41, 5.74) is 0. The first kappa shape index (κ1) is 17.2. The van der Waals surface area contributed by atoms with Gasteiger partial charge >= 0.3 is 0 Å². The molecule has 6 heteroatoms. The topological polar surface area (TPSA) is 58.2 Å². The van der Waals surface area contributed by atoms with Crippen molar-refractivity contribution in [2.75, 3.05) is 37.4 Å². The summed E-state index contributed by atoms with van der Waals surface area (Å²) in [5.74, 6) is 1.62. The second-order valence-corrected chi connectivity index (χ2v) is 7.13. The van der Waals surface area contributed by atoms with Crippen LogP contribution in [0.1, 0.15) is 26.7 Å². The van der Waals surface area contributed by atoms with Gasteiger partial charge in [0.1, 0.15) is 0 Å². The van der Waals surface area contributed by atoms with Crippen LogP contribution in [0.4, 0.5) is 0 Å². The van der Waals surface area contributed by atoms with Crippen molar-refractivity contribution in [3.8, 4) is 0 Å². The van der Waals surface area contributed by atoms with Gasteiger partial charge in [-0.25, -0.2) is 13.1 Å². The molecule has 0 spiro atoms. The van der Waals surface area contributed by atoms with Crippen molar-refractivity contribution < 1.29 is 8.42 Å². The predicted octanol–water partition coefficient (Wildman–Crippen LogP) is 1.29. The van der Waals surface area contributed by atoms with Gasteiger partial charge in [-0.1, -0.05) is 13.8 Å². The lowest BCUT2D eigenvalue weighted by molar-refractivity contribution is 0.557. The summed E-state index contributed by atoms with van der Waals surface area (Å²) >= 11 is 1.74. The monoisotopic (exact) mass is 282 g/mol. The summed E-state index contributed by atoms with van der Waals surface area (Å²) in [6.45, 7) is 6.50. The van der Waals surface area contributed by atoms with Gasteiger partial charge in [-0.15, -0.1) is 0 Å². The first-order chi connectivity index (χ1) is 8.02. The summed E-state index contributed by atoms with van der Waals surface area (Å²) in [7, 11) is -3.07. The molecule has 0 bridgehead atoms. The molecule has 1 atom stereocenters. The first-order valence-electron chi connectivity index (χ1n) is 6.18. The van der Waals surface area contributed by atoms with E-state index in [1.807, 2.05) is 13.2 Å². The molecule has 4 nitrogen and oxygen atoms in total. The van der Waals surface area contributed by atoms with E-state index < -0.39 is 10.0 Å². The maximum Gasteiger partial charge on any atom is 0.211 e. The van der Waals surface area contributed by atoms with Crippen molar-refractivity contribution in [2.45, 2.75) is 26.7 Å². The lowest BCUT2D eigenvalue weighted by Gasteiger charge is -2.11. The van der Waals surface area contributed by atoms with E-state index in [1.165, 1.54) is 0 Å². The minimum atomic E-state index is -3.07. The Morgan fingerprint density at radius 2 is 2.00 bits per heavy atom. The number of rotatable bonds is 11. The molecule has 0 amide bonds. The normalized spacial score (nSPS) is 13.8. The third-order valence-electron chi connectivity index (χ3n) is 2.37. The highest BCUT2D eigenvalue weighted by molar-refractivity contribution is 7.98. The molecule has 0 aliphatic rings. The number of hydrogen-bond donors (Lipinski definition) is 2.